The number of amides is 2. The molecule has 0 saturated carbocycles. The van der Waals surface area contributed by atoms with E-state index in [2.05, 4.69) is 15.6 Å². The Balaban J connectivity index is 2.94. The van der Waals surface area contributed by atoms with Crippen molar-refractivity contribution in [1.29, 1.82) is 0 Å². The lowest BCUT2D eigenvalue weighted by molar-refractivity contribution is 0.0545. The number of aliphatic imine (C=N–C) groups is 1. The van der Waals surface area contributed by atoms with E-state index in [9.17, 15) is 9.59 Å². The Bertz CT molecular complexity index is 681. The molecule has 7 nitrogen and oxygen atoms in total. The van der Waals surface area contributed by atoms with Crippen LogP contribution in [0.4, 0.5) is 9.59 Å². The predicted molar refractivity (Wildman–Crippen MR) is 106 cm³/mol. The number of hydrogen-bond donors (Lipinski definition) is 2. The van der Waals surface area contributed by atoms with Gasteiger partial charge in [-0.1, -0.05) is 23.8 Å². The molecule has 0 heterocycles. The van der Waals surface area contributed by atoms with Gasteiger partial charge in [0.15, 0.2) is 0 Å². The summed E-state index contributed by atoms with van der Waals surface area (Å²) >= 11 is 0. The van der Waals surface area contributed by atoms with Crippen LogP contribution in [0.3, 0.4) is 0 Å². The quantitative estimate of drug-likeness (QED) is 0.597. The first-order valence-corrected chi connectivity index (χ1v) is 8.86. The maximum Gasteiger partial charge on any atom is 0.414 e. The molecule has 0 radical (unpaired) electrons. The fraction of sp³-hybridized carbons (Fsp3) is 0.550. The second kappa shape index (κ2) is 8.88. The molecule has 2 N–H and O–H groups in total. The molecule has 0 unspecified atom stereocenters. The summed E-state index contributed by atoms with van der Waals surface area (Å²) in [7, 11) is 0. The van der Waals surface area contributed by atoms with Crippen molar-refractivity contribution in [3.63, 3.8) is 0 Å². The summed E-state index contributed by atoms with van der Waals surface area (Å²) in [5.41, 5.74) is 1.87. The van der Waals surface area contributed by atoms with Crippen LogP contribution in [0, 0.1) is 13.8 Å². The molecule has 1 rings (SSSR count). The van der Waals surface area contributed by atoms with Gasteiger partial charge in [0.25, 0.3) is 0 Å². The van der Waals surface area contributed by atoms with Crippen molar-refractivity contribution in [3.8, 4) is 0 Å². The van der Waals surface area contributed by atoms with Crippen LogP contribution in [-0.4, -0.2) is 29.3 Å². The fourth-order valence-electron chi connectivity index (χ4n) is 2.10. The number of ether oxygens (including phenoxy) is 2. The lowest BCUT2D eigenvalue weighted by atomic mass is 10.1. The Morgan fingerprint density at radius 2 is 1.41 bits per heavy atom. The van der Waals surface area contributed by atoms with Crippen molar-refractivity contribution in [2.45, 2.75) is 73.1 Å². The molecule has 150 valence electrons. The number of guanidine groups is 1. The van der Waals surface area contributed by atoms with E-state index in [1.165, 1.54) is 0 Å². The first kappa shape index (κ1) is 22.5. The predicted octanol–water partition coefficient (Wildman–Crippen LogP) is 4.21. The molecular formula is C20H31N3O4. The molecule has 0 atom stereocenters. The van der Waals surface area contributed by atoms with E-state index in [4.69, 9.17) is 9.47 Å². The van der Waals surface area contributed by atoms with E-state index >= 15 is 0 Å². The van der Waals surface area contributed by atoms with Crippen LogP contribution in [0.2, 0.25) is 0 Å². The largest absolute Gasteiger partial charge is 0.444 e. The van der Waals surface area contributed by atoms with E-state index in [1.807, 2.05) is 32.0 Å². The highest BCUT2D eigenvalue weighted by Gasteiger charge is 2.21. The lowest BCUT2D eigenvalue weighted by Crippen LogP contribution is -2.47. The summed E-state index contributed by atoms with van der Waals surface area (Å²) in [6, 6.07) is 6.00. The number of carbonyl (C=O) groups excluding carboxylic acids is 2. The average molecular weight is 377 g/mol. The van der Waals surface area contributed by atoms with Gasteiger partial charge in [-0.2, -0.15) is 0 Å². The molecule has 0 aromatic heterocycles. The fourth-order valence-corrected chi connectivity index (χ4v) is 2.10. The molecule has 7 heteroatoms. The number of nitrogens with zero attached hydrogens (tertiary/aromatic N) is 1. The van der Waals surface area contributed by atoms with Gasteiger partial charge in [-0.05, 0) is 66.5 Å². The normalized spacial score (nSPS) is 11.4. The van der Waals surface area contributed by atoms with Crippen LogP contribution in [-0.2, 0) is 16.0 Å². The molecule has 0 fully saturated rings. The van der Waals surface area contributed by atoms with Crippen LogP contribution < -0.4 is 10.6 Å². The third-order valence-electron chi connectivity index (χ3n) is 3.14. The van der Waals surface area contributed by atoms with Gasteiger partial charge in [0, 0.05) is 0 Å². The number of rotatable bonds is 2. The Hall–Kier alpha value is -2.57. The van der Waals surface area contributed by atoms with Crippen molar-refractivity contribution in [2.24, 2.45) is 4.99 Å². The number of hydrogen-bond acceptors (Lipinski definition) is 5. The SMILES string of the molecule is Cc1ccc(CN=C(NC(=O)OC(C)(C)C)NC(=O)OC(C)(C)C)c(C)c1. The second-order valence-corrected chi connectivity index (χ2v) is 8.35. The van der Waals surface area contributed by atoms with Gasteiger partial charge < -0.3 is 9.47 Å². The second-order valence-electron chi connectivity index (χ2n) is 8.35. The Morgan fingerprint density at radius 1 is 0.926 bits per heavy atom. The van der Waals surface area contributed by atoms with E-state index in [1.54, 1.807) is 41.5 Å². The average Bonchev–Trinajstić information content (AvgIpc) is 2.41. The first-order valence-electron chi connectivity index (χ1n) is 8.86. The maximum absolute atomic E-state index is 12.1. The third-order valence-corrected chi connectivity index (χ3v) is 3.14. The Kier molecular flexibility index (Phi) is 7.39. The van der Waals surface area contributed by atoms with Crippen LogP contribution in [0.5, 0.6) is 0 Å². The number of benzene rings is 1. The van der Waals surface area contributed by atoms with E-state index in [-0.39, 0.29) is 12.5 Å². The topological polar surface area (TPSA) is 89.0 Å². The third kappa shape index (κ3) is 9.63. The summed E-state index contributed by atoms with van der Waals surface area (Å²) in [6.07, 6.45) is -1.42. The molecule has 0 bridgehead atoms. The Morgan fingerprint density at radius 3 is 1.81 bits per heavy atom. The van der Waals surface area contributed by atoms with E-state index < -0.39 is 23.4 Å². The van der Waals surface area contributed by atoms with Gasteiger partial charge in [-0.25, -0.2) is 14.6 Å². The molecular weight excluding hydrogens is 346 g/mol. The van der Waals surface area contributed by atoms with Gasteiger partial charge in [0.05, 0.1) is 6.54 Å². The highest BCUT2D eigenvalue weighted by molar-refractivity contribution is 6.01. The summed E-state index contributed by atoms with van der Waals surface area (Å²) in [6.45, 7) is 14.8. The molecule has 0 aliphatic rings. The molecule has 27 heavy (non-hydrogen) atoms. The van der Waals surface area contributed by atoms with Crippen LogP contribution >= 0.6 is 0 Å². The minimum atomic E-state index is -0.710. The molecule has 2 amide bonds. The highest BCUT2D eigenvalue weighted by atomic mass is 16.6. The minimum absolute atomic E-state index is 0.0292. The van der Waals surface area contributed by atoms with Crippen LogP contribution in [0.25, 0.3) is 0 Å². The smallest absolute Gasteiger partial charge is 0.414 e. The molecule has 0 saturated heterocycles. The number of nitrogens with one attached hydrogen (secondary N) is 2. The zero-order valence-electron chi connectivity index (χ0n) is 17.5. The number of aryl methyl sites for hydroxylation is 2. The van der Waals surface area contributed by atoms with Gasteiger partial charge in [0.1, 0.15) is 11.2 Å². The van der Waals surface area contributed by atoms with Crippen LogP contribution in [0.1, 0.15) is 58.2 Å². The molecule has 1 aromatic rings. The van der Waals surface area contributed by atoms with Gasteiger partial charge >= 0.3 is 12.2 Å². The molecule has 0 spiro atoms. The summed E-state index contributed by atoms with van der Waals surface area (Å²) in [4.78, 5) is 28.4. The van der Waals surface area contributed by atoms with Crippen LogP contribution in [0.15, 0.2) is 23.2 Å². The standard InChI is InChI=1S/C20H31N3O4/c1-13-9-10-15(14(2)11-13)12-21-16(22-17(24)26-19(3,4)5)23-18(25)27-20(6,7)8/h9-11H,12H2,1-8H3,(H2,21,22,23,24,25). The molecule has 0 aliphatic heterocycles. The van der Waals surface area contributed by atoms with E-state index in [0.29, 0.717) is 0 Å². The maximum atomic E-state index is 12.1. The van der Waals surface area contributed by atoms with Gasteiger partial charge in [0.2, 0.25) is 5.96 Å². The first-order chi connectivity index (χ1) is 12.2. The van der Waals surface area contributed by atoms with Crippen molar-refractivity contribution < 1.29 is 19.1 Å². The van der Waals surface area contributed by atoms with Crippen molar-refractivity contribution in [1.82, 2.24) is 10.6 Å². The minimum Gasteiger partial charge on any atom is -0.444 e. The van der Waals surface area contributed by atoms with Gasteiger partial charge in [-0.3, -0.25) is 10.6 Å². The van der Waals surface area contributed by atoms with Gasteiger partial charge in [-0.15, -0.1) is 0 Å². The summed E-state index contributed by atoms with van der Waals surface area (Å²) in [5, 5.41) is 4.94. The monoisotopic (exact) mass is 377 g/mol. The summed E-state index contributed by atoms with van der Waals surface area (Å²) in [5.74, 6) is -0.0292. The zero-order chi connectivity index (χ0) is 20.8. The Labute approximate surface area is 161 Å². The van der Waals surface area contributed by atoms with Crippen molar-refractivity contribution in [2.75, 3.05) is 0 Å². The number of alkyl carbamates (subject to hydrolysis) is 2. The number of carbonyl (C=O) groups is 2. The van der Waals surface area contributed by atoms with Crippen molar-refractivity contribution in [3.05, 3.63) is 34.9 Å². The lowest BCUT2D eigenvalue weighted by Gasteiger charge is -2.22. The molecule has 1 aromatic carbocycles. The highest BCUT2D eigenvalue weighted by Crippen LogP contribution is 2.12. The zero-order valence-corrected chi connectivity index (χ0v) is 17.5. The molecule has 0 aliphatic carbocycles. The van der Waals surface area contributed by atoms with Crippen molar-refractivity contribution >= 4 is 18.1 Å². The summed E-state index contributed by atoms with van der Waals surface area (Å²) < 4.78 is 10.4. The van der Waals surface area contributed by atoms with E-state index in [0.717, 1.165) is 16.7 Å².